The number of nitrogens with one attached hydrogen (secondary N) is 1. The molecule has 1 heterocycles. The van der Waals surface area contributed by atoms with E-state index >= 15 is 0 Å². The number of hydrogen-bond donors (Lipinski definition) is 1. The van der Waals surface area contributed by atoms with E-state index in [0.717, 1.165) is 19.4 Å². The van der Waals surface area contributed by atoms with Crippen molar-refractivity contribution >= 4 is 11.7 Å². The maximum Gasteiger partial charge on any atom is 0.305 e. The summed E-state index contributed by atoms with van der Waals surface area (Å²) >= 11 is 0. The lowest BCUT2D eigenvalue weighted by atomic mass is 9.95. The highest BCUT2D eigenvalue weighted by molar-refractivity contribution is 5.69. The Balaban J connectivity index is 1.80. The Morgan fingerprint density at radius 3 is 3.12 bits per heavy atom. The maximum atomic E-state index is 11.2. The molecule has 0 bridgehead atoms. The number of fused-ring (bicyclic) bond motifs is 1. The van der Waals surface area contributed by atoms with E-state index in [1.54, 1.807) is 0 Å². The monoisotopic (exact) mass is 233 g/mol. The van der Waals surface area contributed by atoms with Crippen molar-refractivity contribution in [2.45, 2.75) is 32.1 Å². The fraction of sp³-hybridized carbons (Fsp3) is 0.500. The summed E-state index contributed by atoms with van der Waals surface area (Å²) in [6.45, 7) is 3.31. The van der Waals surface area contributed by atoms with Crippen molar-refractivity contribution in [2.24, 2.45) is 0 Å². The number of carbonyl (C=O) groups is 1. The summed E-state index contributed by atoms with van der Waals surface area (Å²) in [7, 11) is 0. The maximum absolute atomic E-state index is 11.2. The van der Waals surface area contributed by atoms with E-state index < -0.39 is 0 Å². The smallest absolute Gasteiger partial charge is 0.305 e. The number of benzene rings is 1. The number of hydrogen-bond acceptors (Lipinski definition) is 3. The third kappa shape index (κ3) is 2.99. The van der Waals surface area contributed by atoms with Gasteiger partial charge in [-0.1, -0.05) is 18.2 Å². The van der Waals surface area contributed by atoms with Crippen LogP contribution in [0.4, 0.5) is 5.69 Å². The Bertz CT molecular complexity index is 390. The number of para-hydroxylation sites is 1. The number of carbonyl (C=O) groups excluding carboxylic acids is 1. The lowest BCUT2D eigenvalue weighted by molar-refractivity contribution is -0.143. The molecule has 1 aliphatic heterocycles. The summed E-state index contributed by atoms with van der Waals surface area (Å²) in [4.78, 5) is 11.2. The van der Waals surface area contributed by atoms with Gasteiger partial charge in [-0.05, 0) is 31.4 Å². The molecule has 1 N–H and O–H groups in total. The van der Waals surface area contributed by atoms with Gasteiger partial charge in [0, 0.05) is 24.6 Å². The molecular formula is C14H19NO2. The SMILES string of the molecule is CCOC(=O)CCCC1CNc2ccccc21. The molecule has 3 nitrogen and oxygen atoms in total. The third-order valence-corrected chi connectivity index (χ3v) is 3.18. The first-order chi connectivity index (χ1) is 8.31. The van der Waals surface area contributed by atoms with Gasteiger partial charge in [0.15, 0.2) is 0 Å². The van der Waals surface area contributed by atoms with Gasteiger partial charge in [-0.25, -0.2) is 0 Å². The first-order valence-electron chi connectivity index (χ1n) is 6.29. The second-order valence-corrected chi connectivity index (χ2v) is 4.36. The summed E-state index contributed by atoms with van der Waals surface area (Å²) in [5.41, 5.74) is 2.63. The molecule has 0 amide bonds. The standard InChI is InChI=1S/C14H19NO2/c1-2-17-14(16)9-5-6-11-10-15-13-8-4-3-7-12(11)13/h3-4,7-8,11,15H,2,5-6,9-10H2,1H3. The molecule has 1 aliphatic rings. The van der Waals surface area contributed by atoms with E-state index in [4.69, 9.17) is 4.74 Å². The van der Waals surface area contributed by atoms with E-state index in [2.05, 4.69) is 23.5 Å². The minimum absolute atomic E-state index is 0.0771. The Morgan fingerprint density at radius 2 is 2.29 bits per heavy atom. The summed E-state index contributed by atoms with van der Waals surface area (Å²) in [5.74, 6) is 0.465. The Morgan fingerprint density at radius 1 is 1.47 bits per heavy atom. The fourth-order valence-corrected chi connectivity index (χ4v) is 2.34. The molecule has 3 heteroatoms. The van der Waals surface area contributed by atoms with Crippen LogP contribution in [0.2, 0.25) is 0 Å². The molecule has 2 rings (SSSR count). The molecule has 1 unspecified atom stereocenters. The van der Waals surface area contributed by atoms with E-state index in [-0.39, 0.29) is 5.97 Å². The summed E-state index contributed by atoms with van der Waals surface area (Å²) in [5, 5.41) is 3.40. The van der Waals surface area contributed by atoms with Crippen LogP contribution in [-0.4, -0.2) is 19.1 Å². The molecule has 0 spiro atoms. The molecule has 0 saturated carbocycles. The molecule has 1 atom stereocenters. The Kier molecular flexibility index (Phi) is 4.02. The van der Waals surface area contributed by atoms with Gasteiger partial charge in [0.2, 0.25) is 0 Å². The van der Waals surface area contributed by atoms with Crippen molar-refractivity contribution in [1.29, 1.82) is 0 Å². The molecule has 0 radical (unpaired) electrons. The van der Waals surface area contributed by atoms with Crippen molar-refractivity contribution in [3.8, 4) is 0 Å². The van der Waals surface area contributed by atoms with Gasteiger partial charge in [-0.3, -0.25) is 4.79 Å². The zero-order chi connectivity index (χ0) is 12.1. The van der Waals surface area contributed by atoms with Crippen molar-refractivity contribution < 1.29 is 9.53 Å². The minimum atomic E-state index is -0.0771. The Hall–Kier alpha value is -1.51. The van der Waals surface area contributed by atoms with Gasteiger partial charge in [-0.2, -0.15) is 0 Å². The predicted molar refractivity (Wildman–Crippen MR) is 68.2 cm³/mol. The van der Waals surface area contributed by atoms with Gasteiger partial charge in [-0.15, -0.1) is 0 Å². The fourth-order valence-electron chi connectivity index (χ4n) is 2.34. The van der Waals surface area contributed by atoms with Crippen LogP contribution >= 0.6 is 0 Å². The molecule has 0 fully saturated rings. The molecule has 0 aliphatic carbocycles. The summed E-state index contributed by atoms with van der Waals surface area (Å²) in [6, 6.07) is 8.40. The van der Waals surface area contributed by atoms with Crippen LogP contribution in [0.25, 0.3) is 0 Å². The second kappa shape index (κ2) is 5.71. The predicted octanol–water partition coefficient (Wildman–Crippen LogP) is 2.93. The number of esters is 1. The van der Waals surface area contributed by atoms with Crippen LogP contribution in [0.5, 0.6) is 0 Å². The molecular weight excluding hydrogens is 214 g/mol. The zero-order valence-electron chi connectivity index (χ0n) is 10.2. The van der Waals surface area contributed by atoms with Crippen LogP contribution in [0.3, 0.4) is 0 Å². The molecule has 1 aromatic carbocycles. The van der Waals surface area contributed by atoms with Gasteiger partial charge in [0.1, 0.15) is 0 Å². The van der Waals surface area contributed by atoms with Gasteiger partial charge < -0.3 is 10.1 Å². The van der Waals surface area contributed by atoms with Gasteiger partial charge in [0.05, 0.1) is 6.61 Å². The van der Waals surface area contributed by atoms with Crippen molar-refractivity contribution in [1.82, 2.24) is 0 Å². The molecule has 1 aromatic rings. The lowest BCUT2D eigenvalue weighted by Crippen LogP contribution is -2.06. The van der Waals surface area contributed by atoms with Crippen LogP contribution < -0.4 is 5.32 Å². The van der Waals surface area contributed by atoms with Gasteiger partial charge >= 0.3 is 5.97 Å². The largest absolute Gasteiger partial charge is 0.466 e. The first-order valence-corrected chi connectivity index (χ1v) is 6.29. The molecule has 0 saturated heterocycles. The van der Waals surface area contributed by atoms with Crippen molar-refractivity contribution in [2.75, 3.05) is 18.5 Å². The molecule has 92 valence electrons. The lowest BCUT2D eigenvalue weighted by Gasteiger charge is -2.09. The number of ether oxygens (including phenoxy) is 1. The number of rotatable bonds is 5. The topological polar surface area (TPSA) is 38.3 Å². The van der Waals surface area contributed by atoms with Crippen LogP contribution in [0, 0.1) is 0 Å². The van der Waals surface area contributed by atoms with E-state index in [0.29, 0.717) is 18.9 Å². The van der Waals surface area contributed by atoms with Gasteiger partial charge in [0.25, 0.3) is 0 Å². The molecule has 17 heavy (non-hydrogen) atoms. The van der Waals surface area contributed by atoms with Crippen molar-refractivity contribution in [3.63, 3.8) is 0 Å². The van der Waals surface area contributed by atoms with Crippen LogP contribution in [0.15, 0.2) is 24.3 Å². The average molecular weight is 233 g/mol. The zero-order valence-corrected chi connectivity index (χ0v) is 10.2. The summed E-state index contributed by atoms with van der Waals surface area (Å²) < 4.78 is 4.92. The van der Waals surface area contributed by atoms with Crippen LogP contribution in [-0.2, 0) is 9.53 Å². The van der Waals surface area contributed by atoms with E-state index in [1.807, 2.05) is 13.0 Å². The second-order valence-electron chi connectivity index (χ2n) is 4.36. The highest BCUT2D eigenvalue weighted by Crippen LogP contribution is 2.34. The van der Waals surface area contributed by atoms with Crippen molar-refractivity contribution in [3.05, 3.63) is 29.8 Å². The quantitative estimate of drug-likeness (QED) is 0.795. The van der Waals surface area contributed by atoms with Crippen LogP contribution in [0.1, 0.15) is 37.7 Å². The third-order valence-electron chi connectivity index (χ3n) is 3.18. The van der Waals surface area contributed by atoms with E-state index in [9.17, 15) is 4.79 Å². The van der Waals surface area contributed by atoms with E-state index in [1.165, 1.54) is 11.3 Å². The minimum Gasteiger partial charge on any atom is -0.466 e. The number of anilines is 1. The average Bonchev–Trinajstić information content (AvgIpc) is 2.73. The first kappa shape index (κ1) is 12.0. The summed E-state index contributed by atoms with van der Waals surface area (Å²) in [6.07, 6.45) is 2.48. The Labute approximate surface area is 102 Å². The highest BCUT2D eigenvalue weighted by atomic mass is 16.5. The molecule has 0 aromatic heterocycles. The normalized spacial score (nSPS) is 17.4. The highest BCUT2D eigenvalue weighted by Gasteiger charge is 2.21.